The van der Waals surface area contributed by atoms with Gasteiger partial charge in [0.25, 0.3) is 5.69 Å². The molecule has 1 aliphatic rings. The second kappa shape index (κ2) is 7.02. The Morgan fingerprint density at radius 2 is 2.10 bits per heavy atom. The monoisotopic (exact) mass is 328 g/mol. The second-order valence-electron chi connectivity index (χ2n) is 4.77. The number of nitro groups is 1. The maximum absolute atomic E-state index is 10.8. The molecule has 8 heteroatoms. The van der Waals surface area contributed by atoms with Crippen molar-refractivity contribution in [3.8, 4) is 0 Å². The summed E-state index contributed by atoms with van der Waals surface area (Å²) in [5.41, 5.74) is 0.453. The van der Waals surface area contributed by atoms with Crippen molar-refractivity contribution >= 4 is 40.3 Å². The summed E-state index contributed by atoms with van der Waals surface area (Å²) in [6.07, 6.45) is 0. The van der Waals surface area contributed by atoms with Crippen LogP contribution in [0.2, 0.25) is 5.02 Å². The Labute approximate surface area is 133 Å². The van der Waals surface area contributed by atoms with Crippen molar-refractivity contribution in [1.82, 2.24) is 9.80 Å². The van der Waals surface area contributed by atoms with Gasteiger partial charge < -0.3 is 15.1 Å². The van der Waals surface area contributed by atoms with E-state index in [1.54, 1.807) is 0 Å². The Morgan fingerprint density at radius 1 is 1.43 bits per heavy atom. The minimum atomic E-state index is -0.454. The van der Waals surface area contributed by atoms with Gasteiger partial charge in [0.2, 0.25) is 0 Å². The summed E-state index contributed by atoms with van der Waals surface area (Å²) in [7, 11) is 0. The van der Waals surface area contributed by atoms with Crippen LogP contribution in [0.15, 0.2) is 18.2 Å². The Hall–Kier alpha value is -1.44. The van der Waals surface area contributed by atoms with E-state index >= 15 is 0 Å². The molecule has 1 fully saturated rings. The Kier molecular flexibility index (Phi) is 5.33. The van der Waals surface area contributed by atoms with Crippen LogP contribution in [0.5, 0.6) is 0 Å². The zero-order valence-electron chi connectivity index (χ0n) is 11.7. The number of halogens is 1. The summed E-state index contributed by atoms with van der Waals surface area (Å²) < 4.78 is 0. The summed E-state index contributed by atoms with van der Waals surface area (Å²) in [5, 5.41) is 14.8. The number of anilines is 1. The topological polar surface area (TPSA) is 61.6 Å². The number of rotatable bonds is 3. The molecule has 1 aliphatic heterocycles. The number of non-ortho nitro benzene ring substituents is 1. The normalized spacial score (nSPS) is 15.8. The zero-order valence-corrected chi connectivity index (χ0v) is 13.3. The third kappa shape index (κ3) is 4.03. The van der Waals surface area contributed by atoms with Crippen LogP contribution in [0.4, 0.5) is 11.4 Å². The van der Waals surface area contributed by atoms with Crippen LogP contribution in [-0.4, -0.2) is 52.6 Å². The Morgan fingerprint density at radius 3 is 2.67 bits per heavy atom. The van der Waals surface area contributed by atoms with Crippen molar-refractivity contribution in [2.45, 2.75) is 6.92 Å². The van der Waals surface area contributed by atoms with Gasteiger partial charge in [-0.05, 0) is 24.8 Å². The number of nitrogens with one attached hydrogen (secondary N) is 1. The van der Waals surface area contributed by atoms with Gasteiger partial charge in [-0.2, -0.15) is 0 Å². The summed E-state index contributed by atoms with van der Waals surface area (Å²) in [5.74, 6) is 0. The lowest BCUT2D eigenvalue weighted by Gasteiger charge is -2.35. The first-order valence-corrected chi connectivity index (χ1v) is 7.52. The predicted molar refractivity (Wildman–Crippen MR) is 88.0 cm³/mol. The molecule has 0 saturated carbocycles. The van der Waals surface area contributed by atoms with Gasteiger partial charge in [-0.1, -0.05) is 18.5 Å². The minimum Gasteiger partial charge on any atom is -0.346 e. The van der Waals surface area contributed by atoms with Gasteiger partial charge in [-0.3, -0.25) is 10.1 Å². The minimum absolute atomic E-state index is 0.0134. The molecule has 0 unspecified atom stereocenters. The first-order chi connectivity index (χ1) is 10.0. The van der Waals surface area contributed by atoms with Crippen LogP contribution in [0.3, 0.4) is 0 Å². The summed E-state index contributed by atoms with van der Waals surface area (Å²) in [4.78, 5) is 14.8. The van der Waals surface area contributed by atoms with E-state index in [4.69, 9.17) is 23.8 Å². The highest BCUT2D eigenvalue weighted by Gasteiger charge is 2.19. The van der Waals surface area contributed by atoms with Crippen LogP contribution in [0, 0.1) is 10.1 Å². The molecule has 1 aromatic rings. The summed E-state index contributed by atoms with van der Waals surface area (Å²) in [6.45, 7) is 6.76. The van der Waals surface area contributed by atoms with Gasteiger partial charge in [0, 0.05) is 38.3 Å². The van der Waals surface area contributed by atoms with E-state index < -0.39 is 4.92 Å². The average Bonchev–Trinajstić information content (AvgIpc) is 2.49. The number of piperazine rings is 1. The van der Waals surface area contributed by atoms with Gasteiger partial charge >= 0.3 is 0 Å². The number of hydrogen-bond acceptors (Lipinski definition) is 4. The third-order valence-electron chi connectivity index (χ3n) is 3.51. The highest BCUT2D eigenvalue weighted by molar-refractivity contribution is 7.80. The summed E-state index contributed by atoms with van der Waals surface area (Å²) in [6, 6.07) is 4.27. The quantitative estimate of drug-likeness (QED) is 0.523. The van der Waals surface area contributed by atoms with Crippen LogP contribution in [0.25, 0.3) is 0 Å². The predicted octanol–water partition coefficient (Wildman–Crippen LogP) is 2.58. The van der Waals surface area contributed by atoms with Crippen molar-refractivity contribution in [3.63, 3.8) is 0 Å². The molecule has 0 amide bonds. The highest BCUT2D eigenvalue weighted by atomic mass is 35.5. The van der Waals surface area contributed by atoms with Crippen molar-refractivity contribution in [2.24, 2.45) is 0 Å². The fourth-order valence-electron chi connectivity index (χ4n) is 2.18. The smallest absolute Gasteiger partial charge is 0.271 e. The lowest BCUT2D eigenvalue weighted by atomic mass is 10.3. The lowest BCUT2D eigenvalue weighted by molar-refractivity contribution is -0.384. The number of nitro benzene ring substituents is 1. The van der Waals surface area contributed by atoms with Crippen molar-refractivity contribution < 1.29 is 4.92 Å². The van der Waals surface area contributed by atoms with E-state index in [0.717, 1.165) is 32.7 Å². The van der Waals surface area contributed by atoms with E-state index in [1.807, 2.05) is 0 Å². The lowest BCUT2D eigenvalue weighted by Crippen LogP contribution is -2.49. The third-order valence-corrected chi connectivity index (χ3v) is 4.20. The van der Waals surface area contributed by atoms with Crippen molar-refractivity contribution in [1.29, 1.82) is 0 Å². The number of benzene rings is 1. The van der Waals surface area contributed by atoms with E-state index in [9.17, 15) is 10.1 Å². The van der Waals surface area contributed by atoms with Gasteiger partial charge in [-0.25, -0.2) is 0 Å². The molecule has 0 bridgehead atoms. The molecule has 1 heterocycles. The molecule has 0 spiro atoms. The SMILES string of the molecule is CCN1CCN(C(=S)Nc2cc([N+](=O)[O-])ccc2Cl)CC1. The van der Waals surface area contributed by atoms with Crippen LogP contribution < -0.4 is 5.32 Å². The number of nitrogens with zero attached hydrogens (tertiary/aromatic N) is 3. The molecule has 0 aromatic heterocycles. The first-order valence-electron chi connectivity index (χ1n) is 6.73. The molecule has 114 valence electrons. The number of likely N-dealkylation sites (N-methyl/N-ethyl adjacent to an activating group) is 1. The molecule has 1 N–H and O–H groups in total. The molecule has 1 aromatic carbocycles. The summed E-state index contributed by atoms with van der Waals surface area (Å²) >= 11 is 11.4. The maximum atomic E-state index is 10.8. The van der Waals surface area contributed by atoms with E-state index in [-0.39, 0.29) is 5.69 Å². The first kappa shape index (κ1) is 15.9. The molecule has 6 nitrogen and oxygen atoms in total. The maximum Gasteiger partial charge on any atom is 0.271 e. The van der Waals surface area contributed by atoms with Gasteiger partial charge in [0.1, 0.15) is 0 Å². The molecular formula is C13H17ClN4O2S. The number of hydrogen-bond donors (Lipinski definition) is 1. The Bertz CT molecular complexity index is 547. The van der Waals surface area contributed by atoms with Crippen molar-refractivity contribution in [2.75, 3.05) is 38.0 Å². The van der Waals surface area contributed by atoms with Crippen LogP contribution >= 0.6 is 23.8 Å². The van der Waals surface area contributed by atoms with Crippen molar-refractivity contribution in [3.05, 3.63) is 33.3 Å². The highest BCUT2D eigenvalue weighted by Crippen LogP contribution is 2.27. The fraction of sp³-hybridized carbons (Fsp3) is 0.462. The van der Waals surface area contributed by atoms with E-state index in [1.165, 1.54) is 18.2 Å². The zero-order chi connectivity index (χ0) is 15.4. The Balaban J connectivity index is 2.03. The van der Waals surface area contributed by atoms with Gasteiger partial charge in [0.05, 0.1) is 15.6 Å². The van der Waals surface area contributed by atoms with E-state index in [0.29, 0.717) is 15.8 Å². The van der Waals surface area contributed by atoms with E-state index in [2.05, 4.69) is 22.0 Å². The fourth-order valence-corrected chi connectivity index (χ4v) is 2.64. The van der Waals surface area contributed by atoms with Gasteiger partial charge in [0.15, 0.2) is 5.11 Å². The largest absolute Gasteiger partial charge is 0.346 e. The molecule has 21 heavy (non-hydrogen) atoms. The van der Waals surface area contributed by atoms with Crippen LogP contribution in [0.1, 0.15) is 6.92 Å². The molecular weight excluding hydrogens is 312 g/mol. The molecule has 0 aliphatic carbocycles. The molecule has 0 radical (unpaired) electrons. The molecule has 2 rings (SSSR count). The van der Waals surface area contributed by atoms with Crippen LogP contribution in [-0.2, 0) is 0 Å². The second-order valence-corrected chi connectivity index (χ2v) is 5.57. The van der Waals surface area contributed by atoms with Gasteiger partial charge in [-0.15, -0.1) is 0 Å². The molecule has 1 saturated heterocycles. The standard InChI is InChI=1S/C13H17ClN4O2S/c1-2-16-5-7-17(8-6-16)13(21)15-12-9-10(18(19)20)3-4-11(12)14/h3-4,9H,2,5-8H2,1H3,(H,15,21). The average molecular weight is 329 g/mol. The number of thiocarbonyl (C=S) groups is 1. The molecule has 0 atom stereocenters.